The lowest BCUT2D eigenvalue weighted by atomic mass is 9.81. The van der Waals surface area contributed by atoms with Crippen molar-refractivity contribution in [2.24, 2.45) is 17.6 Å². The van der Waals surface area contributed by atoms with Crippen LogP contribution < -0.4 is 10.6 Å². The van der Waals surface area contributed by atoms with Crippen LogP contribution in [0.5, 0.6) is 0 Å². The lowest BCUT2D eigenvalue weighted by Gasteiger charge is -2.42. The maximum absolute atomic E-state index is 13.0. The molecule has 0 bridgehead atoms. The van der Waals surface area contributed by atoms with Crippen LogP contribution in [-0.2, 0) is 11.3 Å². The Morgan fingerprint density at radius 3 is 2.61 bits per heavy atom. The van der Waals surface area contributed by atoms with Gasteiger partial charge >= 0.3 is 6.18 Å². The van der Waals surface area contributed by atoms with Gasteiger partial charge in [-0.2, -0.15) is 13.2 Å². The molecule has 2 aliphatic rings. The van der Waals surface area contributed by atoms with Crippen molar-refractivity contribution in [3.63, 3.8) is 0 Å². The second-order valence-electron chi connectivity index (χ2n) is 10.2. The smallest absolute Gasteiger partial charge is 0.389 e. The molecule has 9 nitrogen and oxygen atoms in total. The van der Waals surface area contributed by atoms with Gasteiger partial charge in [-0.15, -0.1) is 0 Å². The van der Waals surface area contributed by atoms with Crippen molar-refractivity contribution in [1.29, 1.82) is 0 Å². The Balaban J connectivity index is 1.47. The first-order valence-electron chi connectivity index (χ1n) is 12.5. The first-order valence-corrected chi connectivity index (χ1v) is 12.5. The zero-order chi connectivity index (χ0) is 26.1. The highest BCUT2D eigenvalue weighted by atomic mass is 19.4. The number of fused-ring (bicyclic) bond motifs is 1. The summed E-state index contributed by atoms with van der Waals surface area (Å²) in [7, 11) is 0. The standard InChI is InChI=1S/C24H35F3N6O3/c1-2-32(11-16-3-5-17(6-4-16)24(25,26)27)21-18-7-9-33(22(18)30-15-29-21)14-23(36)8-10-31(12-19(23)34)13-20(28)35/h7,9,15-17,19,34,36H,2-6,8,10-14H2,1H3,(H2,28,35)/t16?,17?,19-,23-/m1/s1. The summed E-state index contributed by atoms with van der Waals surface area (Å²) in [4.78, 5) is 23.9. The molecule has 12 heteroatoms. The predicted molar refractivity (Wildman–Crippen MR) is 128 cm³/mol. The van der Waals surface area contributed by atoms with E-state index in [-0.39, 0.29) is 44.8 Å². The molecule has 0 radical (unpaired) electrons. The summed E-state index contributed by atoms with van der Waals surface area (Å²) in [5.74, 6) is -0.810. The van der Waals surface area contributed by atoms with E-state index < -0.39 is 29.7 Å². The number of hydrogen-bond donors (Lipinski definition) is 3. The van der Waals surface area contributed by atoms with Gasteiger partial charge in [-0.05, 0) is 51.0 Å². The highest BCUT2D eigenvalue weighted by Crippen LogP contribution is 2.40. The molecule has 4 N–H and O–H groups in total. The average Bonchev–Trinajstić information content (AvgIpc) is 3.22. The molecule has 0 aromatic carbocycles. The van der Waals surface area contributed by atoms with E-state index in [1.165, 1.54) is 6.33 Å². The number of rotatable bonds is 8. The minimum absolute atomic E-state index is 0.0287. The van der Waals surface area contributed by atoms with Gasteiger partial charge in [-0.1, -0.05) is 0 Å². The number of piperidine rings is 1. The van der Waals surface area contributed by atoms with Crippen LogP contribution in [0.15, 0.2) is 18.6 Å². The highest BCUT2D eigenvalue weighted by Gasteiger charge is 2.42. The zero-order valence-corrected chi connectivity index (χ0v) is 20.5. The third kappa shape index (κ3) is 5.76. The number of carbonyl (C=O) groups is 1. The number of nitrogens with two attached hydrogens (primary N) is 1. The number of carbonyl (C=O) groups excluding carboxylic acids is 1. The van der Waals surface area contributed by atoms with Gasteiger partial charge in [0.2, 0.25) is 5.91 Å². The number of nitrogens with zero attached hydrogens (tertiary/aromatic N) is 5. The average molecular weight is 513 g/mol. The maximum Gasteiger partial charge on any atom is 0.391 e. The third-order valence-corrected chi connectivity index (χ3v) is 7.74. The van der Waals surface area contributed by atoms with Crippen LogP contribution in [0, 0.1) is 11.8 Å². The van der Waals surface area contributed by atoms with Gasteiger partial charge in [-0.3, -0.25) is 9.69 Å². The van der Waals surface area contributed by atoms with Crippen molar-refractivity contribution in [3.05, 3.63) is 18.6 Å². The number of amides is 1. The SMILES string of the molecule is CCN(CC1CCC(C(F)(F)F)CC1)c1ncnc2c1ccn2C[C@]1(O)CCN(CC(N)=O)C[C@H]1O. The molecule has 1 amide bonds. The molecular weight excluding hydrogens is 477 g/mol. The van der Waals surface area contributed by atoms with Gasteiger partial charge in [0.05, 0.1) is 30.5 Å². The van der Waals surface area contributed by atoms with E-state index in [1.54, 1.807) is 15.7 Å². The Kier molecular flexibility index (Phi) is 7.77. The number of hydrogen-bond acceptors (Lipinski definition) is 7. The Morgan fingerprint density at radius 1 is 1.28 bits per heavy atom. The van der Waals surface area contributed by atoms with Gasteiger partial charge < -0.3 is 25.4 Å². The molecule has 2 aromatic rings. The first kappa shape index (κ1) is 26.6. The van der Waals surface area contributed by atoms with E-state index in [2.05, 4.69) is 14.9 Å². The Bertz CT molecular complexity index is 1060. The normalized spacial score (nSPS) is 27.9. The van der Waals surface area contributed by atoms with Crippen LogP contribution in [0.25, 0.3) is 11.0 Å². The Labute approximate surface area is 208 Å². The van der Waals surface area contributed by atoms with E-state index in [0.29, 0.717) is 43.9 Å². The van der Waals surface area contributed by atoms with Crippen LogP contribution in [0.3, 0.4) is 0 Å². The summed E-state index contributed by atoms with van der Waals surface area (Å²) in [6, 6.07) is 1.87. The van der Waals surface area contributed by atoms with Crippen molar-refractivity contribution < 1.29 is 28.2 Å². The summed E-state index contributed by atoms with van der Waals surface area (Å²) < 4.78 is 40.9. The predicted octanol–water partition coefficient (Wildman–Crippen LogP) is 1.91. The number of alkyl halides is 3. The van der Waals surface area contributed by atoms with Crippen LogP contribution in [0.1, 0.15) is 39.0 Å². The largest absolute Gasteiger partial charge is 0.391 e. The first-order chi connectivity index (χ1) is 17.0. The molecule has 0 spiro atoms. The molecule has 2 fully saturated rings. The minimum Gasteiger partial charge on any atom is -0.389 e. The van der Waals surface area contributed by atoms with Gasteiger partial charge in [-0.25, -0.2) is 9.97 Å². The maximum atomic E-state index is 13.0. The molecule has 1 aliphatic heterocycles. The Hall–Kier alpha value is -2.44. The number of aliphatic hydroxyl groups excluding tert-OH is 1. The van der Waals surface area contributed by atoms with Gasteiger partial charge in [0.15, 0.2) is 0 Å². The fourth-order valence-corrected chi connectivity index (χ4v) is 5.59. The number of anilines is 1. The third-order valence-electron chi connectivity index (χ3n) is 7.74. The molecule has 0 unspecified atom stereocenters. The quantitative estimate of drug-likeness (QED) is 0.494. The minimum atomic E-state index is -4.12. The lowest BCUT2D eigenvalue weighted by Crippen LogP contribution is -2.58. The summed E-state index contributed by atoms with van der Waals surface area (Å²) in [5, 5.41) is 22.6. The molecule has 1 saturated heterocycles. The van der Waals surface area contributed by atoms with Crippen molar-refractivity contribution in [2.75, 3.05) is 37.6 Å². The molecule has 2 atom stereocenters. The molecule has 36 heavy (non-hydrogen) atoms. The number of likely N-dealkylation sites (tertiary alicyclic amines) is 1. The topological polar surface area (TPSA) is 121 Å². The van der Waals surface area contributed by atoms with Crippen LogP contribution >= 0.6 is 0 Å². The summed E-state index contributed by atoms with van der Waals surface area (Å²) in [6.45, 7) is 3.97. The molecule has 2 aromatic heterocycles. The fraction of sp³-hybridized carbons (Fsp3) is 0.708. The molecule has 200 valence electrons. The van der Waals surface area contributed by atoms with Gasteiger partial charge in [0.25, 0.3) is 0 Å². The van der Waals surface area contributed by atoms with E-state index >= 15 is 0 Å². The summed E-state index contributed by atoms with van der Waals surface area (Å²) in [6.07, 6.45) is -0.268. The second kappa shape index (κ2) is 10.5. The van der Waals surface area contributed by atoms with E-state index in [1.807, 2.05) is 13.0 Å². The summed E-state index contributed by atoms with van der Waals surface area (Å²) in [5.41, 5.74) is 4.46. The molecule has 4 rings (SSSR count). The highest BCUT2D eigenvalue weighted by molar-refractivity contribution is 5.87. The van der Waals surface area contributed by atoms with Crippen LogP contribution in [-0.4, -0.2) is 86.2 Å². The fourth-order valence-electron chi connectivity index (χ4n) is 5.59. The number of halogens is 3. The summed E-state index contributed by atoms with van der Waals surface area (Å²) >= 11 is 0. The number of primary amides is 1. The molecular formula is C24H35F3N6O3. The van der Waals surface area contributed by atoms with Gasteiger partial charge in [0, 0.05) is 32.4 Å². The zero-order valence-electron chi connectivity index (χ0n) is 20.5. The second-order valence-corrected chi connectivity index (χ2v) is 10.2. The molecule has 1 aliphatic carbocycles. The van der Waals surface area contributed by atoms with Crippen LogP contribution in [0.2, 0.25) is 0 Å². The van der Waals surface area contributed by atoms with Crippen molar-refractivity contribution in [3.8, 4) is 0 Å². The number of aromatic nitrogens is 3. The lowest BCUT2D eigenvalue weighted by molar-refractivity contribution is -0.183. The van der Waals surface area contributed by atoms with Crippen molar-refractivity contribution in [2.45, 2.75) is 63.5 Å². The van der Waals surface area contributed by atoms with Crippen molar-refractivity contribution >= 4 is 22.8 Å². The molecule has 1 saturated carbocycles. The number of aliphatic hydroxyl groups is 2. The van der Waals surface area contributed by atoms with Crippen LogP contribution in [0.4, 0.5) is 19.0 Å². The van der Waals surface area contributed by atoms with Crippen molar-refractivity contribution in [1.82, 2.24) is 19.4 Å². The Morgan fingerprint density at radius 2 is 2.00 bits per heavy atom. The monoisotopic (exact) mass is 512 g/mol. The molecule has 3 heterocycles. The van der Waals surface area contributed by atoms with E-state index in [9.17, 15) is 28.2 Å². The van der Waals surface area contributed by atoms with Gasteiger partial charge in [0.1, 0.15) is 23.4 Å². The van der Waals surface area contributed by atoms with E-state index in [4.69, 9.17) is 5.73 Å². The van der Waals surface area contributed by atoms with E-state index in [0.717, 1.165) is 5.39 Å². The number of β-amino-alcohol motifs (C(OH)–C–C–N with tert-alkyl or cyclic N) is 1.